The van der Waals surface area contributed by atoms with Crippen LogP contribution in [-0.4, -0.2) is 26.8 Å². The predicted molar refractivity (Wildman–Crippen MR) is 78.8 cm³/mol. The lowest BCUT2D eigenvalue weighted by Crippen LogP contribution is -2.20. The minimum absolute atomic E-state index is 0.0644. The van der Waals surface area contributed by atoms with Gasteiger partial charge in [0.2, 0.25) is 10.0 Å². The Kier molecular flexibility index (Phi) is 4.99. The van der Waals surface area contributed by atoms with Crippen molar-refractivity contribution in [3.63, 3.8) is 0 Å². The first kappa shape index (κ1) is 15.3. The van der Waals surface area contributed by atoms with Gasteiger partial charge in [0.1, 0.15) is 5.82 Å². The van der Waals surface area contributed by atoms with Crippen LogP contribution in [-0.2, 0) is 10.0 Å². The van der Waals surface area contributed by atoms with E-state index in [-0.39, 0.29) is 5.75 Å². The highest BCUT2D eigenvalue weighted by atomic mass is 32.2. The van der Waals surface area contributed by atoms with E-state index in [2.05, 4.69) is 10.0 Å². The van der Waals surface area contributed by atoms with Crippen molar-refractivity contribution in [3.05, 3.63) is 29.6 Å². The largest absolute Gasteiger partial charge is 0.314 e. The van der Waals surface area contributed by atoms with E-state index < -0.39 is 15.8 Å². The molecular weight excluding hydrogens is 279 g/mol. The maximum atomic E-state index is 13.2. The molecule has 0 spiro atoms. The lowest BCUT2D eigenvalue weighted by atomic mass is 10.2. The molecule has 4 nitrogen and oxygen atoms in total. The number of unbranched alkanes of at least 4 members (excludes halogenated alkanes) is 1. The third kappa shape index (κ3) is 5.46. The highest BCUT2D eigenvalue weighted by molar-refractivity contribution is 7.92. The molecule has 1 aliphatic rings. The summed E-state index contributed by atoms with van der Waals surface area (Å²) in [5.74, 6) is -0.370. The molecule has 0 heterocycles. The minimum atomic E-state index is -3.40. The van der Waals surface area contributed by atoms with E-state index in [1.807, 2.05) is 0 Å². The second-order valence-corrected chi connectivity index (χ2v) is 7.22. The van der Waals surface area contributed by atoms with Crippen molar-refractivity contribution in [1.82, 2.24) is 5.32 Å². The van der Waals surface area contributed by atoms with E-state index in [9.17, 15) is 12.8 Å². The number of halogens is 1. The zero-order valence-corrected chi connectivity index (χ0v) is 12.5. The topological polar surface area (TPSA) is 58.2 Å². The summed E-state index contributed by atoms with van der Waals surface area (Å²) >= 11 is 0. The molecule has 2 N–H and O–H groups in total. The third-order valence-corrected chi connectivity index (χ3v) is 4.54. The van der Waals surface area contributed by atoms with Gasteiger partial charge in [-0.2, -0.15) is 0 Å². The normalized spacial score (nSPS) is 15.3. The van der Waals surface area contributed by atoms with Gasteiger partial charge in [-0.25, -0.2) is 12.8 Å². The van der Waals surface area contributed by atoms with Crippen LogP contribution in [0.25, 0.3) is 0 Å². The summed E-state index contributed by atoms with van der Waals surface area (Å²) in [6.07, 6.45) is 3.90. The standard InChI is InChI=1S/C14H21FN2O2S/c1-11-8-12(15)10-14(9-11)17-20(18,19)7-3-2-6-16-13-4-5-13/h8-10,13,16-17H,2-7H2,1H3. The Labute approximate surface area is 119 Å². The van der Waals surface area contributed by atoms with E-state index in [0.717, 1.165) is 13.0 Å². The number of benzene rings is 1. The average Bonchev–Trinajstić information content (AvgIpc) is 3.10. The first-order valence-electron chi connectivity index (χ1n) is 6.96. The molecule has 0 unspecified atom stereocenters. The molecule has 20 heavy (non-hydrogen) atoms. The van der Waals surface area contributed by atoms with Crippen molar-refractivity contribution in [2.75, 3.05) is 17.0 Å². The summed E-state index contributed by atoms with van der Waals surface area (Å²) in [5, 5.41) is 3.34. The molecule has 0 atom stereocenters. The van der Waals surface area contributed by atoms with Gasteiger partial charge in [0.15, 0.2) is 0 Å². The predicted octanol–water partition coefficient (Wildman–Crippen LogP) is 2.41. The van der Waals surface area contributed by atoms with Crippen molar-refractivity contribution in [2.45, 2.75) is 38.6 Å². The first-order valence-corrected chi connectivity index (χ1v) is 8.61. The van der Waals surface area contributed by atoms with Gasteiger partial charge in [-0.15, -0.1) is 0 Å². The maximum absolute atomic E-state index is 13.2. The van der Waals surface area contributed by atoms with E-state index in [0.29, 0.717) is 23.7 Å². The van der Waals surface area contributed by atoms with Gasteiger partial charge in [-0.1, -0.05) is 0 Å². The Morgan fingerprint density at radius 2 is 2.00 bits per heavy atom. The molecule has 1 fully saturated rings. The van der Waals surface area contributed by atoms with Crippen molar-refractivity contribution in [2.24, 2.45) is 0 Å². The monoisotopic (exact) mass is 300 g/mol. The third-order valence-electron chi connectivity index (χ3n) is 3.17. The van der Waals surface area contributed by atoms with E-state index in [1.54, 1.807) is 13.0 Å². The highest BCUT2D eigenvalue weighted by Crippen LogP contribution is 2.18. The SMILES string of the molecule is Cc1cc(F)cc(NS(=O)(=O)CCCCNC2CC2)c1. The number of hydrogen-bond donors (Lipinski definition) is 2. The first-order chi connectivity index (χ1) is 9.44. The molecular formula is C14H21FN2O2S. The van der Waals surface area contributed by atoms with Crippen molar-refractivity contribution in [3.8, 4) is 0 Å². The van der Waals surface area contributed by atoms with Crippen LogP contribution in [0.2, 0.25) is 0 Å². The minimum Gasteiger partial charge on any atom is -0.314 e. The van der Waals surface area contributed by atoms with Crippen LogP contribution in [0.4, 0.5) is 10.1 Å². The molecule has 0 amide bonds. The van der Waals surface area contributed by atoms with Gasteiger partial charge in [0.05, 0.1) is 11.4 Å². The summed E-state index contributed by atoms with van der Waals surface area (Å²) in [6.45, 7) is 2.59. The van der Waals surface area contributed by atoms with Crippen LogP contribution >= 0.6 is 0 Å². The van der Waals surface area contributed by atoms with E-state index in [4.69, 9.17) is 0 Å². The molecule has 0 aliphatic heterocycles. The maximum Gasteiger partial charge on any atom is 0.232 e. The fourth-order valence-electron chi connectivity index (χ4n) is 2.04. The fraction of sp³-hybridized carbons (Fsp3) is 0.571. The summed E-state index contributed by atoms with van der Waals surface area (Å²) < 4.78 is 39.4. The van der Waals surface area contributed by atoms with Crippen LogP contribution < -0.4 is 10.0 Å². The molecule has 1 aromatic carbocycles. The second-order valence-electron chi connectivity index (χ2n) is 5.37. The molecule has 1 saturated carbocycles. The van der Waals surface area contributed by atoms with Gasteiger partial charge >= 0.3 is 0 Å². The van der Waals surface area contributed by atoms with Crippen molar-refractivity contribution >= 4 is 15.7 Å². The molecule has 0 aromatic heterocycles. The Morgan fingerprint density at radius 3 is 2.65 bits per heavy atom. The molecule has 2 rings (SSSR count). The zero-order valence-electron chi connectivity index (χ0n) is 11.7. The number of nitrogens with one attached hydrogen (secondary N) is 2. The molecule has 0 bridgehead atoms. The van der Waals surface area contributed by atoms with Gasteiger partial charge < -0.3 is 5.32 Å². The highest BCUT2D eigenvalue weighted by Gasteiger charge is 2.19. The lowest BCUT2D eigenvalue weighted by Gasteiger charge is -2.09. The second kappa shape index (κ2) is 6.54. The molecule has 6 heteroatoms. The Hall–Kier alpha value is -1.14. The van der Waals surface area contributed by atoms with Crippen molar-refractivity contribution < 1.29 is 12.8 Å². The fourth-order valence-corrected chi connectivity index (χ4v) is 3.20. The van der Waals surface area contributed by atoms with Crippen LogP contribution in [0.3, 0.4) is 0 Å². The van der Waals surface area contributed by atoms with Gasteiger partial charge in [-0.05, 0) is 62.9 Å². The van der Waals surface area contributed by atoms with E-state index in [1.165, 1.54) is 25.0 Å². The summed E-state index contributed by atoms with van der Waals surface area (Å²) in [6, 6.07) is 4.83. The van der Waals surface area contributed by atoms with Crippen LogP contribution in [0.1, 0.15) is 31.2 Å². The molecule has 1 aliphatic carbocycles. The molecule has 112 valence electrons. The van der Waals surface area contributed by atoms with Gasteiger partial charge in [-0.3, -0.25) is 4.72 Å². The number of rotatable bonds is 8. The van der Waals surface area contributed by atoms with Crippen LogP contribution in [0.15, 0.2) is 18.2 Å². The van der Waals surface area contributed by atoms with Crippen molar-refractivity contribution in [1.29, 1.82) is 0 Å². The number of sulfonamides is 1. The summed E-state index contributed by atoms with van der Waals surface area (Å²) in [5.41, 5.74) is 0.981. The van der Waals surface area contributed by atoms with Crippen LogP contribution in [0, 0.1) is 12.7 Å². The van der Waals surface area contributed by atoms with E-state index >= 15 is 0 Å². The molecule has 0 saturated heterocycles. The number of anilines is 1. The van der Waals surface area contributed by atoms with Gasteiger partial charge in [0.25, 0.3) is 0 Å². The summed E-state index contributed by atoms with van der Waals surface area (Å²) in [7, 11) is -3.40. The Bertz CT molecular complexity index is 536. The summed E-state index contributed by atoms with van der Waals surface area (Å²) in [4.78, 5) is 0. The van der Waals surface area contributed by atoms with Gasteiger partial charge in [0, 0.05) is 6.04 Å². The zero-order chi connectivity index (χ0) is 14.6. The Balaban J connectivity index is 1.77. The number of aryl methyl sites for hydroxylation is 1. The quantitative estimate of drug-likeness (QED) is 0.725. The van der Waals surface area contributed by atoms with Crippen LogP contribution in [0.5, 0.6) is 0 Å². The smallest absolute Gasteiger partial charge is 0.232 e. The lowest BCUT2D eigenvalue weighted by molar-refractivity contribution is 0.590. The average molecular weight is 300 g/mol. The number of hydrogen-bond acceptors (Lipinski definition) is 3. The Morgan fingerprint density at radius 1 is 1.25 bits per heavy atom. The molecule has 1 aromatic rings. The molecule has 0 radical (unpaired) electrons.